The Morgan fingerprint density at radius 1 is 1.25 bits per heavy atom. The summed E-state index contributed by atoms with van der Waals surface area (Å²) in [5.74, 6) is 1.14. The first kappa shape index (κ1) is 14.4. The van der Waals surface area contributed by atoms with Gasteiger partial charge in [-0.3, -0.25) is 0 Å². The SMILES string of the molecule is CCc1ccc(CN=C(N)Nc2ccccc2OC)s1. The molecule has 20 heavy (non-hydrogen) atoms. The fourth-order valence-electron chi connectivity index (χ4n) is 1.79. The highest BCUT2D eigenvalue weighted by Gasteiger charge is 2.03. The number of methoxy groups -OCH3 is 1. The minimum absolute atomic E-state index is 0.390. The molecule has 0 saturated carbocycles. The van der Waals surface area contributed by atoms with E-state index in [4.69, 9.17) is 10.5 Å². The van der Waals surface area contributed by atoms with Gasteiger partial charge in [-0.05, 0) is 30.7 Å². The number of aryl methyl sites for hydroxylation is 1. The van der Waals surface area contributed by atoms with Crippen molar-refractivity contribution in [3.8, 4) is 5.75 Å². The number of nitrogens with zero attached hydrogens (tertiary/aromatic N) is 1. The van der Waals surface area contributed by atoms with Crippen LogP contribution in [0.5, 0.6) is 5.75 Å². The second-order valence-corrected chi connectivity index (χ2v) is 5.50. The Kier molecular flexibility index (Phi) is 5.01. The Hall–Kier alpha value is -2.01. The van der Waals surface area contributed by atoms with Gasteiger partial charge in [0.1, 0.15) is 5.75 Å². The third kappa shape index (κ3) is 3.74. The van der Waals surface area contributed by atoms with Crippen LogP contribution < -0.4 is 15.8 Å². The minimum atomic E-state index is 0.390. The van der Waals surface area contributed by atoms with E-state index in [-0.39, 0.29) is 0 Å². The predicted molar refractivity (Wildman–Crippen MR) is 85.6 cm³/mol. The molecular weight excluding hydrogens is 270 g/mol. The fourth-order valence-corrected chi connectivity index (χ4v) is 2.67. The molecule has 0 aliphatic heterocycles. The van der Waals surface area contributed by atoms with Gasteiger partial charge in [0.05, 0.1) is 19.3 Å². The molecule has 0 saturated heterocycles. The van der Waals surface area contributed by atoms with Gasteiger partial charge in [0.15, 0.2) is 5.96 Å². The molecule has 4 nitrogen and oxygen atoms in total. The van der Waals surface area contributed by atoms with Crippen molar-refractivity contribution in [1.29, 1.82) is 0 Å². The molecule has 0 unspecified atom stereocenters. The van der Waals surface area contributed by atoms with Crippen LogP contribution in [0.4, 0.5) is 5.69 Å². The summed E-state index contributed by atoms with van der Waals surface area (Å²) < 4.78 is 5.26. The van der Waals surface area contributed by atoms with Crippen molar-refractivity contribution in [2.45, 2.75) is 19.9 Å². The van der Waals surface area contributed by atoms with Crippen LogP contribution in [0.2, 0.25) is 0 Å². The van der Waals surface area contributed by atoms with Gasteiger partial charge >= 0.3 is 0 Å². The van der Waals surface area contributed by atoms with Gasteiger partial charge in [0.25, 0.3) is 0 Å². The van der Waals surface area contributed by atoms with Gasteiger partial charge in [-0.15, -0.1) is 11.3 Å². The molecule has 5 heteroatoms. The maximum absolute atomic E-state index is 5.90. The van der Waals surface area contributed by atoms with Crippen molar-refractivity contribution >= 4 is 23.0 Å². The van der Waals surface area contributed by atoms with E-state index >= 15 is 0 Å². The Labute approximate surface area is 123 Å². The zero-order valence-electron chi connectivity index (χ0n) is 11.7. The van der Waals surface area contributed by atoms with Crippen molar-refractivity contribution in [2.75, 3.05) is 12.4 Å². The first-order chi connectivity index (χ1) is 9.72. The molecule has 106 valence electrons. The van der Waals surface area contributed by atoms with E-state index in [2.05, 4.69) is 29.4 Å². The zero-order valence-corrected chi connectivity index (χ0v) is 12.5. The molecule has 0 aliphatic carbocycles. The summed E-state index contributed by atoms with van der Waals surface area (Å²) in [6, 6.07) is 11.9. The van der Waals surface area contributed by atoms with Gasteiger partial charge in [-0.1, -0.05) is 19.1 Å². The van der Waals surface area contributed by atoms with E-state index in [0.29, 0.717) is 12.5 Å². The van der Waals surface area contributed by atoms with Gasteiger partial charge in [0.2, 0.25) is 0 Å². The van der Waals surface area contributed by atoms with Crippen LogP contribution in [0.25, 0.3) is 0 Å². The second kappa shape index (κ2) is 6.96. The van der Waals surface area contributed by atoms with Crippen LogP contribution in [-0.4, -0.2) is 13.1 Å². The monoisotopic (exact) mass is 289 g/mol. The van der Waals surface area contributed by atoms with Crippen LogP contribution in [0.15, 0.2) is 41.4 Å². The molecule has 2 rings (SSSR count). The van der Waals surface area contributed by atoms with E-state index < -0.39 is 0 Å². The largest absolute Gasteiger partial charge is 0.495 e. The number of rotatable bonds is 5. The molecule has 0 spiro atoms. The predicted octanol–water partition coefficient (Wildman–Crippen LogP) is 3.25. The Morgan fingerprint density at radius 3 is 2.70 bits per heavy atom. The summed E-state index contributed by atoms with van der Waals surface area (Å²) in [7, 11) is 1.63. The third-order valence-electron chi connectivity index (χ3n) is 2.84. The first-order valence-electron chi connectivity index (χ1n) is 6.50. The number of thiophene rings is 1. The number of guanidine groups is 1. The van der Waals surface area contributed by atoms with Crippen molar-refractivity contribution in [2.24, 2.45) is 10.7 Å². The Morgan fingerprint density at radius 2 is 2.00 bits per heavy atom. The zero-order chi connectivity index (χ0) is 14.4. The fraction of sp³-hybridized carbons (Fsp3) is 0.267. The maximum Gasteiger partial charge on any atom is 0.193 e. The number of benzene rings is 1. The lowest BCUT2D eigenvalue weighted by Crippen LogP contribution is -2.22. The molecule has 0 radical (unpaired) electrons. The number of nitrogens with two attached hydrogens (primary N) is 1. The summed E-state index contributed by atoms with van der Waals surface area (Å²) in [4.78, 5) is 6.93. The summed E-state index contributed by atoms with van der Waals surface area (Å²) >= 11 is 1.77. The molecule has 0 bridgehead atoms. The summed E-state index contributed by atoms with van der Waals surface area (Å²) in [6.07, 6.45) is 1.06. The van der Waals surface area contributed by atoms with Crippen LogP contribution in [0.3, 0.4) is 0 Å². The highest BCUT2D eigenvalue weighted by Crippen LogP contribution is 2.23. The van der Waals surface area contributed by atoms with E-state index in [0.717, 1.165) is 17.9 Å². The van der Waals surface area contributed by atoms with E-state index in [1.165, 1.54) is 9.75 Å². The van der Waals surface area contributed by atoms with Crippen LogP contribution in [0, 0.1) is 0 Å². The lowest BCUT2D eigenvalue weighted by molar-refractivity contribution is 0.417. The number of anilines is 1. The standard InChI is InChI=1S/C15H19N3OS/c1-3-11-8-9-12(20-11)10-17-15(16)18-13-6-4-5-7-14(13)19-2/h4-9H,3,10H2,1-2H3,(H3,16,17,18). The molecule has 1 aromatic carbocycles. The number of ether oxygens (including phenoxy) is 1. The van der Waals surface area contributed by atoms with E-state index in [1.54, 1.807) is 18.4 Å². The van der Waals surface area contributed by atoms with Gasteiger partial charge < -0.3 is 15.8 Å². The Bertz CT molecular complexity index is 592. The molecule has 1 heterocycles. The molecule has 0 fully saturated rings. The normalized spacial score (nSPS) is 11.4. The molecule has 3 N–H and O–H groups in total. The molecule has 0 aliphatic rings. The average molecular weight is 289 g/mol. The van der Waals surface area contributed by atoms with E-state index in [9.17, 15) is 0 Å². The molecule has 1 aromatic heterocycles. The maximum atomic E-state index is 5.90. The van der Waals surface area contributed by atoms with Gasteiger partial charge in [0, 0.05) is 9.75 Å². The third-order valence-corrected chi connectivity index (χ3v) is 4.06. The second-order valence-electron chi connectivity index (χ2n) is 4.25. The number of nitrogens with one attached hydrogen (secondary N) is 1. The Balaban J connectivity index is 2.00. The molecular formula is C15H19N3OS. The molecule has 0 atom stereocenters. The van der Waals surface area contributed by atoms with Crippen LogP contribution in [0.1, 0.15) is 16.7 Å². The minimum Gasteiger partial charge on any atom is -0.495 e. The lowest BCUT2D eigenvalue weighted by atomic mass is 10.3. The number of hydrogen-bond acceptors (Lipinski definition) is 3. The number of aliphatic imine (C=N–C) groups is 1. The van der Waals surface area contributed by atoms with Crippen LogP contribution in [-0.2, 0) is 13.0 Å². The highest BCUT2D eigenvalue weighted by atomic mass is 32.1. The van der Waals surface area contributed by atoms with Crippen LogP contribution >= 0.6 is 11.3 Å². The molecule has 2 aromatic rings. The quantitative estimate of drug-likeness (QED) is 0.656. The first-order valence-corrected chi connectivity index (χ1v) is 7.32. The summed E-state index contributed by atoms with van der Waals surface area (Å²) in [5.41, 5.74) is 6.72. The highest BCUT2D eigenvalue weighted by molar-refractivity contribution is 7.11. The van der Waals surface area contributed by atoms with Crippen molar-refractivity contribution in [3.63, 3.8) is 0 Å². The van der Waals surface area contributed by atoms with Crippen molar-refractivity contribution < 1.29 is 4.74 Å². The van der Waals surface area contributed by atoms with Crippen molar-refractivity contribution in [1.82, 2.24) is 0 Å². The lowest BCUT2D eigenvalue weighted by Gasteiger charge is -2.09. The van der Waals surface area contributed by atoms with E-state index in [1.807, 2.05) is 24.3 Å². The smallest absolute Gasteiger partial charge is 0.193 e. The summed E-state index contributed by atoms with van der Waals surface area (Å²) in [5, 5.41) is 3.06. The summed E-state index contributed by atoms with van der Waals surface area (Å²) in [6.45, 7) is 2.75. The van der Waals surface area contributed by atoms with Crippen molar-refractivity contribution in [3.05, 3.63) is 46.2 Å². The molecule has 0 amide bonds. The topological polar surface area (TPSA) is 59.6 Å². The van der Waals surface area contributed by atoms with Gasteiger partial charge in [-0.2, -0.15) is 0 Å². The average Bonchev–Trinajstić information content (AvgIpc) is 2.94. The van der Waals surface area contributed by atoms with Gasteiger partial charge in [-0.25, -0.2) is 4.99 Å². The number of para-hydroxylation sites is 2. The number of hydrogen-bond donors (Lipinski definition) is 2.